The van der Waals surface area contributed by atoms with Crippen LogP contribution in [0.15, 0.2) is 54.6 Å². The van der Waals surface area contributed by atoms with Crippen molar-refractivity contribution < 1.29 is 37.8 Å². The van der Waals surface area contributed by atoms with E-state index in [0.29, 0.717) is 6.42 Å². The first-order valence-electron chi connectivity index (χ1n) is 9.99. The van der Waals surface area contributed by atoms with E-state index in [1.54, 1.807) is 7.11 Å². The van der Waals surface area contributed by atoms with E-state index in [2.05, 4.69) is 10.6 Å². The topological polar surface area (TPSA) is 159 Å². The number of methoxy groups -OCH3 is 1. The van der Waals surface area contributed by atoms with E-state index >= 15 is 0 Å². The summed E-state index contributed by atoms with van der Waals surface area (Å²) in [6.07, 6.45) is 0.481. The van der Waals surface area contributed by atoms with Gasteiger partial charge in [0.05, 0.1) is 31.2 Å². The van der Waals surface area contributed by atoms with Crippen molar-refractivity contribution in [2.75, 3.05) is 25.2 Å². The molecule has 0 saturated carbocycles. The van der Waals surface area contributed by atoms with Crippen molar-refractivity contribution in [3.05, 3.63) is 65.7 Å². The summed E-state index contributed by atoms with van der Waals surface area (Å²) in [6, 6.07) is 17.1. The first kappa shape index (κ1) is 25.8. The Labute approximate surface area is 191 Å². The van der Waals surface area contributed by atoms with Gasteiger partial charge in [0.25, 0.3) is 0 Å². The van der Waals surface area contributed by atoms with Crippen molar-refractivity contribution in [1.29, 1.82) is 0 Å². The summed E-state index contributed by atoms with van der Waals surface area (Å²) in [5.41, 5.74) is 2.05. The SMILES string of the molecule is COc1ccc(C(NCC(=O)NC2CCS(=O)(=O)C2)c2ccccc2)cc1.O=C(O)C(=O)O. The molecule has 10 nitrogen and oxygen atoms in total. The zero-order valence-corrected chi connectivity index (χ0v) is 18.7. The van der Waals surface area contributed by atoms with Gasteiger partial charge in [-0.15, -0.1) is 0 Å². The molecule has 1 saturated heterocycles. The van der Waals surface area contributed by atoms with Gasteiger partial charge in [0.2, 0.25) is 5.91 Å². The Morgan fingerprint density at radius 2 is 1.58 bits per heavy atom. The predicted octanol–water partition coefficient (Wildman–Crippen LogP) is 0.833. The zero-order valence-electron chi connectivity index (χ0n) is 17.9. The number of carbonyl (C=O) groups excluding carboxylic acids is 1. The molecule has 0 bridgehead atoms. The molecule has 1 fully saturated rings. The number of hydrogen-bond acceptors (Lipinski definition) is 7. The summed E-state index contributed by atoms with van der Waals surface area (Å²) < 4.78 is 28.3. The van der Waals surface area contributed by atoms with Gasteiger partial charge in [-0.25, -0.2) is 18.0 Å². The first-order valence-corrected chi connectivity index (χ1v) is 11.8. The monoisotopic (exact) mass is 478 g/mol. The second-order valence-corrected chi connectivity index (χ2v) is 9.50. The maximum absolute atomic E-state index is 12.3. The number of rotatable bonds is 7. The minimum Gasteiger partial charge on any atom is -0.497 e. The smallest absolute Gasteiger partial charge is 0.414 e. The molecule has 178 valence electrons. The number of sulfone groups is 1. The van der Waals surface area contributed by atoms with Crippen molar-refractivity contribution in [2.45, 2.75) is 18.5 Å². The van der Waals surface area contributed by atoms with Crippen LogP contribution >= 0.6 is 0 Å². The van der Waals surface area contributed by atoms with Crippen molar-refractivity contribution in [1.82, 2.24) is 10.6 Å². The quantitative estimate of drug-likeness (QED) is 0.423. The Morgan fingerprint density at radius 1 is 1.00 bits per heavy atom. The third-order valence-corrected chi connectivity index (χ3v) is 6.60. The van der Waals surface area contributed by atoms with E-state index in [0.717, 1.165) is 16.9 Å². The second-order valence-electron chi connectivity index (χ2n) is 7.28. The molecule has 2 aromatic rings. The van der Waals surface area contributed by atoms with Gasteiger partial charge in [0.1, 0.15) is 5.75 Å². The van der Waals surface area contributed by atoms with Gasteiger partial charge in [-0.05, 0) is 29.7 Å². The third-order valence-electron chi connectivity index (χ3n) is 4.83. The Balaban J connectivity index is 0.000000569. The molecule has 33 heavy (non-hydrogen) atoms. The fourth-order valence-corrected chi connectivity index (χ4v) is 4.93. The number of aliphatic carboxylic acids is 2. The molecular formula is C22H26N2O8S. The molecule has 1 amide bonds. The molecule has 0 aliphatic carbocycles. The molecular weight excluding hydrogens is 452 g/mol. The largest absolute Gasteiger partial charge is 0.497 e. The maximum atomic E-state index is 12.3. The summed E-state index contributed by atoms with van der Waals surface area (Å²) in [6.45, 7) is 0.0993. The van der Waals surface area contributed by atoms with Gasteiger partial charge in [0, 0.05) is 6.04 Å². The van der Waals surface area contributed by atoms with E-state index < -0.39 is 21.8 Å². The van der Waals surface area contributed by atoms with Crippen molar-refractivity contribution in [3.63, 3.8) is 0 Å². The van der Waals surface area contributed by atoms with Gasteiger partial charge in [0.15, 0.2) is 9.84 Å². The summed E-state index contributed by atoms with van der Waals surface area (Å²) >= 11 is 0. The predicted molar refractivity (Wildman–Crippen MR) is 120 cm³/mol. The fraction of sp³-hybridized carbons (Fsp3) is 0.318. The van der Waals surface area contributed by atoms with Crippen molar-refractivity contribution in [2.24, 2.45) is 0 Å². The molecule has 2 unspecified atom stereocenters. The number of carboxylic acid groups (broad SMARTS) is 2. The average molecular weight is 479 g/mol. The highest BCUT2D eigenvalue weighted by molar-refractivity contribution is 7.91. The molecule has 11 heteroatoms. The summed E-state index contributed by atoms with van der Waals surface area (Å²) in [7, 11) is -1.39. The summed E-state index contributed by atoms with van der Waals surface area (Å²) in [4.78, 5) is 30.5. The van der Waals surface area contributed by atoms with Gasteiger partial charge >= 0.3 is 11.9 Å². The number of hydrogen-bond donors (Lipinski definition) is 4. The standard InChI is InChI=1S/C20H24N2O4S.C2H2O4/c1-26-18-9-7-16(8-10-18)20(15-5-3-2-4-6-15)21-13-19(23)22-17-11-12-27(24,25)14-17;3-1(4)2(5)6/h2-10,17,20-21H,11-14H2,1H3,(H,22,23);(H,3,4)(H,5,6). The van der Waals surface area contributed by atoms with E-state index in [-0.39, 0.29) is 36.0 Å². The Bertz CT molecular complexity index is 1040. The van der Waals surface area contributed by atoms with Crippen LogP contribution in [-0.4, -0.2) is 67.7 Å². The van der Waals surface area contributed by atoms with E-state index in [1.165, 1.54) is 0 Å². The van der Waals surface area contributed by atoms with Gasteiger partial charge in [-0.2, -0.15) is 0 Å². The molecule has 2 aromatic carbocycles. The third kappa shape index (κ3) is 8.54. The van der Waals surface area contributed by atoms with Crippen LogP contribution in [0.4, 0.5) is 0 Å². The molecule has 0 radical (unpaired) electrons. The van der Waals surface area contributed by atoms with Crippen molar-refractivity contribution in [3.8, 4) is 5.75 Å². The molecule has 1 aliphatic heterocycles. The highest BCUT2D eigenvalue weighted by Crippen LogP contribution is 2.24. The van der Waals surface area contributed by atoms with E-state index in [4.69, 9.17) is 24.5 Å². The van der Waals surface area contributed by atoms with Crippen LogP contribution in [-0.2, 0) is 24.2 Å². The highest BCUT2D eigenvalue weighted by atomic mass is 32.2. The Morgan fingerprint density at radius 3 is 2.06 bits per heavy atom. The number of amides is 1. The number of ether oxygens (including phenoxy) is 1. The van der Waals surface area contributed by atoms with Crippen molar-refractivity contribution >= 4 is 27.7 Å². The molecule has 0 aromatic heterocycles. The minimum absolute atomic E-state index is 0.0271. The fourth-order valence-electron chi connectivity index (χ4n) is 3.25. The van der Waals surface area contributed by atoms with Crippen LogP contribution in [0.25, 0.3) is 0 Å². The normalized spacial score (nSPS) is 17.2. The Hall–Kier alpha value is -3.44. The molecule has 4 N–H and O–H groups in total. The number of benzene rings is 2. The highest BCUT2D eigenvalue weighted by Gasteiger charge is 2.29. The zero-order chi connectivity index (χ0) is 24.4. The molecule has 0 spiro atoms. The van der Waals surface area contributed by atoms with Gasteiger partial charge < -0.3 is 20.3 Å². The lowest BCUT2D eigenvalue weighted by Crippen LogP contribution is -2.42. The minimum atomic E-state index is -3.01. The van der Waals surface area contributed by atoms with Gasteiger partial charge in [-0.1, -0.05) is 42.5 Å². The average Bonchev–Trinajstić information content (AvgIpc) is 3.13. The lowest BCUT2D eigenvalue weighted by atomic mass is 9.98. The lowest BCUT2D eigenvalue weighted by molar-refractivity contribution is -0.159. The van der Waals surface area contributed by atoms with Crippen LogP contribution < -0.4 is 15.4 Å². The molecule has 2 atom stereocenters. The number of carbonyl (C=O) groups is 3. The first-order chi connectivity index (χ1) is 15.6. The molecule has 3 rings (SSSR count). The maximum Gasteiger partial charge on any atom is 0.414 e. The van der Waals surface area contributed by atoms with E-state index in [1.807, 2.05) is 54.6 Å². The lowest BCUT2D eigenvalue weighted by Gasteiger charge is -2.20. The van der Waals surface area contributed by atoms with Crippen LogP contribution in [0.2, 0.25) is 0 Å². The van der Waals surface area contributed by atoms with Crippen LogP contribution in [0.3, 0.4) is 0 Å². The molecule has 1 heterocycles. The van der Waals surface area contributed by atoms with Crippen LogP contribution in [0.5, 0.6) is 5.75 Å². The summed E-state index contributed by atoms with van der Waals surface area (Å²) in [5.74, 6) is -2.91. The number of carboxylic acids is 2. The van der Waals surface area contributed by atoms with Gasteiger partial charge in [-0.3, -0.25) is 10.1 Å². The summed E-state index contributed by atoms with van der Waals surface area (Å²) in [5, 5.41) is 20.9. The van der Waals surface area contributed by atoms with Crippen LogP contribution in [0, 0.1) is 0 Å². The molecule has 1 aliphatic rings. The second kappa shape index (κ2) is 12.0. The van der Waals surface area contributed by atoms with E-state index in [9.17, 15) is 13.2 Å². The Kier molecular flexibility index (Phi) is 9.37. The van der Waals surface area contributed by atoms with Crippen LogP contribution in [0.1, 0.15) is 23.6 Å². The number of nitrogens with one attached hydrogen (secondary N) is 2.